The molecule has 1 aliphatic rings. The zero-order valence-electron chi connectivity index (χ0n) is 14.2. The van der Waals surface area contributed by atoms with Crippen molar-refractivity contribution in [2.75, 3.05) is 16.8 Å². The molecule has 0 saturated carbocycles. The van der Waals surface area contributed by atoms with Crippen molar-refractivity contribution in [3.63, 3.8) is 0 Å². The van der Waals surface area contributed by atoms with Crippen molar-refractivity contribution in [1.29, 1.82) is 0 Å². The molecule has 1 heterocycles. The first-order valence-corrected chi connectivity index (χ1v) is 9.42. The lowest BCUT2D eigenvalue weighted by Crippen LogP contribution is -2.32. The summed E-state index contributed by atoms with van der Waals surface area (Å²) in [5.41, 5.74) is 2.06. The van der Waals surface area contributed by atoms with E-state index in [-0.39, 0.29) is 10.7 Å². The number of imide groups is 1. The second-order valence-electron chi connectivity index (χ2n) is 5.65. The van der Waals surface area contributed by atoms with Gasteiger partial charge in [-0.2, -0.15) is 0 Å². The number of rotatable bonds is 5. The maximum absolute atomic E-state index is 12.8. The maximum atomic E-state index is 12.8. The summed E-state index contributed by atoms with van der Waals surface area (Å²) in [5.74, 6) is -0.282. The number of benzene rings is 2. The molecule has 2 amide bonds. The maximum Gasteiger partial charge on any atom is 0.283 e. The second kappa shape index (κ2) is 7.67. The Bertz CT molecular complexity index is 910. The van der Waals surface area contributed by atoms with Gasteiger partial charge >= 0.3 is 0 Å². The van der Waals surface area contributed by atoms with Crippen LogP contribution in [0.5, 0.6) is 5.75 Å². The summed E-state index contributed by atoms with van der Waals surface area (Å²) in [5, 5.41) is 2.83. The number of halogens is 2. The normalized spacial score (nSPS) is 14.2. The molecule has 134 valence electrons. The number of hydrogen-bond donors (Lipinski definition) is 1. The SMILES string of the molecule is CCOc1ccc(NC2=C(Cl)C(=O)N(c3ccc(I)cc3C)C2=O)cc1. The van der Waals surface area contributed by atoms with E-state index in [9.17, 15) is 9.59 Å². The van der Waals surface area contributed by atoms with Crippen LogP contribution in [0.1, 0.15) is 12.5 Å². The molecule has 26 heavy (non-hydrogen) atoms. The molecular weight excluding hydrogens is 467 g/mol. The lowest BCUT2D eigenvalue weighted by Gasteiger charge is -2.17. The van der Waals surface area contributed by atoms with E-state index in [1.165, 1.54) is 0 Å². The third-order valence-electron chi connectivity index (χ3n) is 3.86. The molecule has 5 nitrogen and oxygen atoms in total. The Kier molecular flexibility index (Phi) is 5.52. The molecular formula is C19H16ClIN2O3. The number of aryl methyl sites for hydroxylation is 1. The summed E-state index contributed by atoms with van der Waals surface area (Å²) < 4.78 is 6.41. The first-order valence-electron chi connectivity index (χ1n) is 7.97. The topological polar surface area (TPSA) is 58.6 Å². The number of ether oxygens (including phenoxy) is 1. The van der Waals surface area contributed by atoms with Crippen molar-refractivity contribution in [2.24, 2.45) is 0 Å². The van der Waals surface area contributed by atoms with E-state index >= 15 is 0 Å². The monoisotopic (exact) mass is 482 g/mol. The highest BCUT2D eigenvalue weighted by molar-refractivity contribution is 14.1. The number of nitrogens with zero attached hydrogens (tertiary/aromatic N) is 1. The summed E-state index contributed by atoms with van der Waals surface area (Å²) in [6.07, 6.45) is 0. The minimum atomic E-state index is -0.533. The second-order valence-corrected chi connectivity index (χ2v) is 7.27. The average molecular weight is 483 g/mol. The molecule has 0 fully saturated rings. The summed E-state index contributed by atoms with van der Waals surface area (Å²) in [6.45, 7) is 4.33. The molecule has 0 saturated heterocycles. The molecule has 1 N–H and O–H groups in total. The fraction of sp³-hybridized carbons (Fsp3) is 0.158. The lowest BCUT2D eigenvalue weighted by atomic mass is 10.2. The van der Waals surface area contributed by atoms with Crippen LogP contribution in [0, 0.1) is 10.5 Å². The average Bonchev–Trinajstić information content (AvgIpc) is 2.81. The van der Waals surface area contributed by atoms with Crippen LogP contribution in [0.15, 0.2) is 53.2 Å². The molecule has 2 aromatic carbocycles. The van der Waals surface area contributed by atoms with Crippen LogP contribution in [0.4, 0.5) is 11.4 Å². The molecule has 3 rings (SSSR count). The molecule has 7 heteroatoms. The highest BCUT2D eigenvalue weighted by Crippen LogP contribution is 2.32. The fourth-order valence-corrected chi connectivity index (χ4v) is 3.50. The number of carbonyl (C=O) groups excluding carboxylic acids is 2. The Balaban J connectivity index is 1.86. The van der Waals surface area contributed by atoms with Gasteiger partial charge in [0.2, 0.25) is 0 Å². The predicted octanol–water partition coefficient (Wildman–Crippen LogP) is 4.43. The Morgan fingerprint density at radius 1 is 1.12 bits per heavy atom. The van der Waals surface area contributed by atoms with Crippen LogP contribution in [-0.2, 0) is 9.59 Å². The summed E-state index contributed by atoms with van der Waals surface area (Å²) in [6, 6.07) is 12.6. The third kappa shape index (κ3) is 3.57. The Labute approximate surface area is 170 Å². The van der Waals surface area contributed by atoms with Gasteiger partial charge in [0.25, 0.3) is 11.8 Å². The summed E-state index contributed by atoms with van der Waals surface area (Å²) >= 11 is 8.34. The molecule has 2 aromatic rings. The zero-order chi connectivity index (χ0) is 18.8. The Morgan fingerprint density at radius 3 is 2.42 bits per heavy atom. The van der Waals surface area contributed by atoms with Crippen LogP contribution in [0.3, 0.4) is 0 Å². The predicted molar refractivity (Wildman–Crippen MR) is 111 cm³/mol. The van der Waals surface area contributed by atoms with Crippen LogP contribution < -0.4 is 15.0 Å². The van der Waals surface area contributed by atoms with E-state index in [2.05, 4.69) is 27.9 Å². The number of hydrogen-bond acceptors (Lipinski definition) is 4. The van der Waals surface area contributed by atoms with Gasteiger partial charge in [0.1, 0.15) is 16.5 Å². The first-order chi connectivity index (χ1) is 12.4. The lowest BCUT2D eigenvalue weighted by molar-refractivity contribution is -0.120. The molecule has 0 unspecified atom stereocenters. The largest absolute Gasteiger partial charge is 0.494 e. The number of carbonyl (C=O) groups is 2. The van der Waals surface area contributed by atoms with Gasteiger partial charge in [0.15, 0.2) is 0 Å². The van der Waals surface area contributed by atoms with Gasteiger partial charge in [-0.25, -0.2) is 4.90 Å². The van der Waals surface area contributed by atoms with E-state index in [0.717, 1.165) is 19.8 Å². The smallest absolute Gasteiger partial charge is 0.283 e. The molecule has 0 spiro atoms. The highest BCUT2D eigenvalue weighted by atomic mass is 127. The number of anilines is 2. The molecule has 0 aromatic heterocycles. The van der Waals surface area contributed by atoms with Gasteiger partial charge < -0.3 is 10.1 Å². The van der Waals surface area contributed by atoms with Gasteiger partial charge in [-0.1, -0.05) is 11.6 Å². The van der Waals surface area contributed by atoms with Gasteiger partial charge in [0.05, 0.1) is 12.3 Å². The summed E-state index contributed by atoms with van der Waals surface area (Å²) in [4.78, 5) is 26.5. The van der Waals surface area contributed by atoms with Crippen molar-refractivity contribution in [3.05, 3.63) is 62.3 Å². The van der Waals surface area contributed by atoms with Crippen molar-refractivity contribution >= 4 is 57.4 Å². The third-order valence-corrected chi connectivity index (χ3v) is 4.88. The summed E-state index contributed by atoms with van der Waals surface area (Å²) in [7, 11) is 0. The van der Waals surface area contributed by atoms with E-state index in [0.29, 0.717) is 18.0 Å². The fourth-order valence-electron chi connectivity index (χ4n) is 2.65. The minimum Gasteiger partial charge on any atom is -0.494 e. The van der Waals surface area contributed by atoms with E-state index < -0.39 is 11.8 Å². The van der Waals surface area contributed by atoms with Crippen molar-refractivity contribution in [1.82, 2.24) is 0 Å². The number of nitrogens with one attached hydrogen (secondary N) is 1. The highest BCUT2D eigenvalue weighted by Gasteiger charge is 2.39. The van der Waals surface area contributed by atoms with Crippen LogP contribution in [0.25, 0.3) is 0 Å². The Hall–Kier alpha value is -2.06. The van der Waals surface area contributed by atoms with Gasteiger partial charge in [0, 0.05) is 9.26 Å². The molecule has 0 radical (unpaired) electrons. The van der Waals surface area contributed by atoms with Crippen molar-refractivity contribution in [2.45, 2.75) is 13.8 Å². The first kappa shape index (κ1) is 18.7. The molecule has 0 atom stereocenters. The molecule has 0 bridgehead atoms. The Morgan fingerprint density at radius 2 is 1.81 bits per heavy atom. The van der Waals surface area contributed by atoms with Crippen LogP contribution >= 0.6 is 34.2 Å². The minimum absolute atomic E-state index is 0.0683. The van der Waals surface area contributed by atoms with E-state index in [1.54, 1.807) is 30.3 Å². The van der Waals surface area contributed by atoms with Gasteiger partial charge in [-0.3, -0.25) is 9.59 Å². The van der Waals surface area contributed by atoms with Gasteiger partial charge in [-0.05, 0) is 84.5 Å². The standard InChI is InChI=1S/C19H16ClIN2O3/c1-3-26-14-7-5-13(6-8-14)22-17-16(20)18(24)23(19(17)25)15-9-4-12(21)10-11(15)2/h4-10,22H,3H2,1-2H3. The van der Waals surface area contributed by atoms with Crippen LogP contribution in [0.2, 0.25) is 0 Å². The zero-order valence-corrected chi connectivity index (χ0v) is 17.1. The van der Waals surface area contributed by atoms with E-state index in [4.69, 9.17) is 16.3 Å². The van der Waals surface area contributed by atoms with Gasteiger partial charge in [-0.15, -0.1) is 0 Å². The quantitative estimate of drug-likeness (QED) is 0.506. The molecule has 1 aliphatic heterocycles. The van der Waals surface area contributed by atoms with Crippen molar-refractivity contribution < 1.29 is 14.3 Å². The van der Waals surface area contributed by atoms with Crippen LogP contribution in [-0.4, -0.2) is 18.4 Å². The van der Waals surface area contributed by atoms with E-state index in [1.807, 2.05) is 26.0 Å². The van der Waals surface area contributed by atoms with Crippen molar-refractivity contribution in [3.8, 4) is 5.75 Å². The molecule has 0 aliphatic carbocycles. The number of amides is 2.